The number of carboxylic acid groups (broad SMARTS) is 1. The monoisotopic (exact) mass is 336 g/mol. The van der Waals surface area contributed by atoms with Gasteiger partial charge in [0.1, 0.15) is 0 Å². The molecular formula is C18H40O5. The Kier molecular flexibility index (Phi) is 34.7. The molecule has 0 aliphatic rings. The predicted molar refractivity (Wildman–Crippen MR) is 95.8 cm³/mol. The molecule has 0 amide bonds. The molecule has 0 rings (SSSR count). The molecule has 142 valence electrons. The van der Waals surface area contributed by atoms with Gasteiger partial charge >= 0.3 is 0 Å². The van der Waals surface area contributed by atoms with Gasteiger partial charge in [-0.3, -0.25) is 4.79 Å². The van der Waals surface area contributed by atoms with Crippen LogP contribution in [0.5, 0.6) is 0 Å². The SMILES string of the molecule is CC(=O)O.CCCCCCCOCCCCCCC.OCCO. The highest BCUT2D eigenvalue weighted by atomic mass is 16.5. The van der Waals surface area contributed by atoms with Crippen LogP contribution in [-0.4, -0.2) is 47.7 Å². The van der Waals surface area contributed by atoms with Crippen LogP contribution < -0.4 is 0 Å². The molecule has 0 unspecified atom stereocenters. The molecule has 0 atom stereocenters. The first kappa shape index (κ1) is 27.2. The standard InChI is InChI=1S/C14H30O.C2H4O2.C2H6O2/c1-3-5-7-9-11-13-15-14-12-10-8-6-4-2;1-2(3)4;3-1-2-4/h3-14H2,1-2H3;1H3,(H,3,4);3-4H,1-2H2. The Hall–Kier alpha value is -0.650. The predicted octanol–water partition coefficient (Wildman–Crippen LogP) is 4.01. The molecule has 0 aromatic heterocycles. The van der Waals surface area contributed by atoms with E-state index in [9.17, 15) is 0 Å². The van der Waals surface area contributed by atoms with Crippen molar-refractivity contribution >= 4 is 5.97 Å². The normalized spacial score (nSPS) is 9.43. The van der Waals surface area contributed by atoms with Crippen molar-refractivity contribution in [1.82, 2.24) is 0 Å². The highest BCUT2D eigenvalue weighted by molar-refractivity contribution is 5.62. The Bertz CT molecular complexity index is 180. The van der Waals surface area contributed by atoms with E-state index in [0.29, 0.717) is 0 Å². The summed E-state index contributed by atoms with van der Waals surface area (Å²) >= 11 is 0. The van der Waals surface area contributed by atoms with E-state index < -0.39 is 5.97 Å². The summed E-state index contributed by atoms with van der Waals surface area (Å²) in [6, 6.07) is 0. The Labute approximate surface area is 143 Å². The maximum Gasteiger partial charge on any atom is 0.300 e. The molecule has 0 aromatic rings. The number of rotatable bonds is 13. The highest BCUT2D eigenvalue weighted by Crippen LogP contribution is 2.04. The van der Waals surface area contributed by atoms with Crippen LogP contribution in [-0.2, 0) is 9.53 Å². The lowest BCUT2D eigenvalue weighted by Gasteiger charge is -2.03. The van der Waals surface area contributed by atoms with Crippen LogP contribution >= 0.6 is 0 Å². The molecule has 0 spiro atoms. The van der Waals surface area contributed by atoms with Crippen LogP contribution in [0, 0.1) is 0 Å². The number of carboxylic acids is 1. The van der Waals surface area contributed by atoms with Gasteiger partial charge in [-0.15, -0.1) is 0 Å². The van der Waals surface area contributed by atoms with Gasteiger partial charge in [-0.2, -0.15) is 0 Å². The minimum Gasteiger partial charge on any atom is -0.481 e. The molecule has 0 saturated carbocycles. The Morgan fingerprint density at radius 3 is 1.30 bits per heavy atom. The molecule has 0 aromatic carbocycles. The molecule has 0 bridgehead atoms. The number of unbranched alkanes of at least 4 members (excludes halogenated alkanes) is 8. The number of aliphatic carboxylic acids is 1. The van der Waals surface area contributed by atoms with E-state index in [1.54, 1.807) is 0 Å². The summed E-state index contributed by atoms with van der Waals surface area (Å²) in [5.74, 6) is -0.833. The number of aliphatic hydroxyl groups excluding tert-OH is 2. The molecule has 5 heteroatoms. The molecular weight excluding hydrogens is 296 g/mol. The second kappa shape index (κ2) is 29.4. The highest BCUT2D eigenvalue weighted by Gasteiger charge is 1.91. The van der Waals surface area contributed by atoms with Crippen molar-refractivity contribution < 1.29 is 24.9 Å². The topological polar surface area (TPSA) is 87.0 Å². The zero-order valence-corrected chi connectivity index (χ0v) is 15.6. The average Bonchev–Trinajstić information content (AvgIpc) is 2.52. The first-order valence-electron chi connectivity index (χ1n) is 9.05. The van der Waals surface area contributed by atoms with Crippen LogP contribution in [0.4, 0.5) is 0 Å². The van der Waals surface area contributed by atoms with Gasteiger partial charge in [-0.05, 0) is 12.8 Å². The third kappa shape index (κ3) is 52.4. The zero-order valence-electron chi connectivity index (χ0n) is 15.6. The number of carbonyl (C=O) groups is 1. The number of aliphatic hydroxyl groups is 2. The van der Waals surface area contributed by atoms with E-state index >= 15 is 0 Å². The quantitative estimate of drug-likeness (QED) is 0.442. The van der Waals surface area contributed by atoms with Gasteiger partial charge in [-0.1, -0.05) is 65.2 Å². The Morgan fingerprint density at radius 2 is 1.04 bits per heavy atom. The van der Waals surface area contributed by atoms with Crippen molar-refractivity contribution in [2.24, 2.45) is 0 Å². The van der Waals surface area contributed by atoms with E-state index in [0.717, 1.165) is 20.1 Å². The first-order valence-corrected chi connectivity index (χ1v) is 9.05. The second-order valence-electron chi connectivity index (χ2n) is 5.41. The summed E-state index contributed by atoms with van der Waals surface area (Å²) in [4.78, 5) is 9.00. The van der Waals surface area contributed by atoms with Gasteiger partial charge in [0.2, 0.25) is 0 Å². The van der Waals surface area contributed by atoms with Crippen molar-refractivity contribution in [3.63, 3.8) is 0 Å². The van der Waals surface area contributed by atoms with Gasteiger partial charge in [0.15, 0.2) is 0 Å². The van der Waals surface area contributed by atoms with Gasteiger partial charge in [-0.25, -0.2) is 0 Å². The van der Waals surface area contributed by atoms with Crippen molar-refractivity contribution in [1.29, 1.82) is 0 Å². The maximum atomic E-state index is 9.00. The Balaban J connectivity index is -0.000000413. The molecule has 0 aliphatic carbocycles. The van der Waals surface area contributed by atoms with E-state index in [1.165, 1.54) is 64.2 Å². The first-order chi connectivity index (χ1) is 11.1. The summed E-state index contributed by atoms with van der Waals surface area (Å²) in [7, 11) is 0. The lowest BCUT2D eigenvalue weighted by molar-refractivity contribution is -0.134. The summed E-state index contributed by atoms with van der Waals surface area (Å²) < 4.78 is 5.59. The fourth-order valence-corrected chi connectivity index (χ4v) is 1.72. The molecule has 0 radical (unpaired) electrons. The summed E-state index contributed by atoms with van der Waals surface area (Å²) in [6.45, 7) is 7.31. The van der Waals surface area contributed by atoms with Crippen molar-refractivity contribution in [3.05, 3.63) is 0 Å². The summed E-state index contributed by atoms with van der Waals surface area (Å²) in [5, 5.41) is 22.7. The minimum atomic E-state index is -0.833. The van der Waals surface area contributed by atoms with Gasteiger partial charge in [0.25, 0.3) is 5.97 Å². The fraction of sp³-hybridized carbons (Fsp3) is 0.944. The molecule has 0 aliphatic heterocycles. The van der Waals surface area contributed by atoms with E-state index in [4.69, 9.17) is 24.9 Å². The third-order valence-corrected chi connectivity index (χ3v) is 2.88. The van der Waals surface area contributed by atoms with E-state index in [1.807, 2.05) is 0 Å². The van der Waals surface area contributed by atoms with Crippen molar-refractivity contribution in [3.8, 4) is 0 Å². The number of ether oxygens (including phenoxy) is 1. The van der Waals surface area contributed by atoms with Crippen LogP contribution in [0.1, 0.15) is 85.0 Å². The number of hydrogen-bond acceptors (Lipinski definition) is 4. The van der Waals surface area contributed by atoms with Crippen LogP contribution in [0.3, 0.4) is 0 Å². The molecule has 0 saturated heterocycles. The van der Waals surface area contributed by atoms with Gasteiger partial charge in [0.05, 0.1) is 13.2 Å². The molecule has 3 N–H and O–H groups in total. The van der Waals surface area contributed by atoms with Crippen molar-refractivity contribution in [2.75, 3.05) is 26.4 Å². The lowest BCUT2D eigenvalue weighted by Crippen LogP contribution is -1.97. The smallest absolute Gasteiger partial charge is 0.300 e. The van der Waals surface area contributed by atoms with Gasteiger partial charge < -0.3 is 20.1 Å². The fourth-order valence-electron chi connectivity index (χ4n) is 1.72. The minimum absolute atomic E-state index is 0.125. The van der Waals surface area contributed by atoms with E-state index in [-0.39, 0.29) is 13.2 Å². The molecule has 23 heavy (non-hydrogen) atoms. The molecule has 5 nitrogen and oxygen atoms in total. The molecule has 0 fully saturated rings. The van der Waals surface area contributed by atoms with Crippen LogP contribution in [0.2, 0.25) is 0 Å². The number of hydrogen-bond donors (Lipinski definition) is 3. The summed E-state index contributed by atoms with van der Waals surface area (Å²) in [5.41, 5.74) is 0. The van der Waals surface area contributed by atoms with Crippen LogP contribution in [0.25, 0.3) is 0 Å². The Morgan fingerprint density at radius 1 is 0.739 bits per heavy atom. The van der Waals surface area contributed by atoms with Crippen LogP contribution in [0.15, 0.2) is 0 Å². The van der Waals surface area contributed by atoms with Gasteiger partial charge in [0, 0.05) is 20.1 Å². The maximum absolute atomic E-state index is 9.00. The summed E-state index contributed by atoms with van der Waals surface area (Å²) in [6.07, 6.45) is 13.4. The lowest BCUT2D eigenvalue weighted by atomic mass is 10.1. The largest absolute Gasteiger partial charge is 0.481 e. The third-order valence-electron chi connectivity index (χ3n) is 2.88. The average molecular weight is 337 g/mol. The second-order valence-corrected chi connectivity index (χ2v) is 5.41. The van der Waals surface area contributed by atoms with E-state index in [2.05, 4.69) is 13.8 Å². The molecule has 0 heterocycles. The van der Waals surface area contributed by atoms with Crippen molar-refractivity contribution in [2.45, 2.75) is 85.0 Å². The zero-order chi connectivity index (χ0) is 18.2.